The highest BCUT2D eigenvalue weighted by Gasteiger charge is 2.42. The number of para-hydroxylation sites is 2. The van der Waals surface area contributed by atoms with Crippen molar-refractivity contribution >= 4 is 22.9 Å². The molecule has 0 amide bonds. The first-order chi connectivity index (χ1) is 31.7. The van der Waals surface area contributed by atoms with Crippen molar-refractivity contribution in [1.82, 2.24) is 29.8 Å². The molecule has 0 bridgehead atoms. The van der Waals surface area contributed by atoms with Crippen LogP contribution in [0.3, 0.4) is 0 Å². The number of nitro groups is 1. The van der Waals surface area contributed by atoms with Crippen LogP contribution in [0.1, 0.15) is 55.0 Å². The third-order valence-corrected chi connectivity index (χ3v) is 11.3. The van der Waals surface area contributed by atoms with Crippen molar-refractivity contribution in [2.75, 3.05) is 6.61 Å². The molecule has 9 aromatic rings. The number of nitrogens with zero attached hydrogens (tertiary/aromatic N) is 7. The van der Waals surface area contributed by atoms with E-state index in [0.29, 0.717) is 29.3 Å². The molecule has 1 atom stereocenters. The summed E-state index contributed by atoms with van der Waals surface area (Å²) >= 11 is 0. The Morgan fingerprint density at radius 2 is 1.28 bits per heavy atom. The third-order valence-electron chi connectivity index (χ3n) is 11.3. The number of non-ortho nitro benzene ring substituents is 1. The zero-order chi connectivity index (χ0) is 45.0. The van der Waals surface area contributed by atoms with Gasteiger partial charge in [-0.1, -0.05) is 146 Å². The number of carbonyl (C=O) groups is 1. The number of aromatic nitrogens is 6. The predicted molar refractivity (Wildman–Crippen MR) is 246 cm³/mol. The van der Waals surface area contributed by atoms with Crippen LogP contribution in [0.4, 0.5) is 10.5 Å². The number of hydrogen-bond acceptors (Lipinski definition) is 10. The minimum Gasteiger partial charge on any atom is -0.407 e. The number of fused-ring (bicyclic) bond motifs is 1. The Bertz CT molecular complexity index is 2990. The average Bonchev–Trinajstić information content (AvgIpc) is 3.99. The van der Waals surface area contributed by atoms with E-state index in [1.807, 2.05) is 119 Å². The Balaban J connectivity index is 1.22. The van der Waals surface area contributed by atoms with Gasteiger partial charge in [-0.25, -0.2) is 14.5 Å². The highest BCUT2D eigenvalue weighted by Crippen LogP contribution is 2.45. The summed E-state index contributed by atoms with van der Waals surface area (Å²) in [4.78, 5) is 29.3. The van der Waals surface area contributed by atoms with Gasteiger partial charge in [0.25, 0.3) is 5.69 Å². The van der Waals surface area contributed by atoms with Gasteiger partial charge in [0.05, 0.1) is 16.0 Å². The van der Waals surface area contributed by atoms with Crippen LogP contribution in [0.15, 0.2) is 188 Å². The van der Waals surface area contributed by atoms with Crippen molar-refractivity contribution in [2.45, 2.75) is 38.1 Å². The standard InChI is InChI=1S/C52H43N7O6/c1-4-63-47(49-53-45-27-17-18-28-46(45)57(49)51(2,3)65-50(60)64-42-32-30-41(31-33-42)59(61)62)37-29-34-43(36-19-9-5-10-20-36)44(35-37)48-54-55-56-58(48)52(38-21-11-6-12-22-38,39-23-13-7-14-24-39)40-25-15-8-16-26-40/h5-35,47H,4H2,1-3H3. The van der Waals surface area contributed by atoms with E-state index in [4.69, 9.17) is 29.5 Å². The zero-order valence-corrected chi connectivity index (χ0v) is 35.8. The van der Waals surface area contributed by atoms with E-state index in [2.05, 4.69) is 65.9 Å². The zero-order valence-electron chi connectivity index (χ0n) is 35.8. The monoisotopic (exact) mass is 861 g/mol. The lowest BCUT2D eigenvalue weighted by molar-refractivity contribution is -0.384. The van der Waals surface area contributed by atoms with Crippen LogP contribution in [0.5, 0.6) is 5.75 Å². The molecule has 1 unspecified atom stereocenters. The molecular weight excluding hydrogens is 819 g/mol. The van der Waals surface area contributed by atoms with E-state index in [9.17, 15) is 14.9 Å². The molecule has 9 rings (SSSR count). The summed E-state index contributed by atoms with van der Waals surface area (Å²) in [5.74, 6) is 1.05. The summed E-state index contributed by atoms with van der Waals surface area (Å²) in [5.41, 5.74) is 4.96. The maximum atomic E-state index is 13.5. The smallest absolute Gasteiger partial charge is 0.407 e. The van der Waals surface area contributed by atoms with E-state index in [0.717, 1.165) is 38.9 Å². The number of benzene rings is 7. The molecule has 0 spiro atoms. The molecule has 0 saturated carbocycles. The van der Waals surface area contributed by atoms with Crippen molar-refractivity contribution in [3.8, 4) is 28.3 Å². The van der Waals surface area contributed by atoms with Gasteiger partial charge >= 0.3 is 6.16 Å². The number of rotatable bonds is 14. The Kier molecular flexibility index (Phi) is 11.5. The van der Waals surface area contributed by atoms with Crippen LogP contribution in [0.25, 0.3) is 33.5 Å². The van der Waals surface area contributed by atoms with E-state index >= 15 is 0 Å². The van der Waals surface area contributed by atoms with E-state index in [1.165, 1.54) is 24.3 Å². The quantitative estimate of drug-likeness (QED) is 0.0340. The molecule has 0 radical (unpaired) electrons. The van der Waals surface area contributed by atoms with Gasteiger partial charge in [-0.05, 0) is 94.9 Å². The fourth-order valence-electron chi connectivity index (χ4n) is 8.54. The molecule has 65 heavy (non-hydrogen) atoms. The number of ether oxygens (including phenoxy) is 3. The Hall–Kier alpha value is -8.29. The molecule has 13 heteroatoms. The third kappa shape index (κ3) is 8.00. The minimum absolute atomic E-state index is 0.0866. The van der Waals surface area contributed by atoms with Crippen molar-refractivity contribution in [2.24, 2.45) is 0 Å². The van der Waals surface area contributed by atoms with E-state index < -0.39 is 28.4 Å². The number of hydrogen-bond donors (Lipinski definition) is 0. The number of nitro benzene ring substituents is 1. The van der Waals surface area contributed by atoms with Crippen LogP contribution in [0, 0.1) is 10.1 Å². The van der Waals surface area contributed by atoms with E-state index in [1.54, 1.807) is 13.8 Å². The highest BCUT2D eigenvalue weighted by molar-refractivity contribution is 5.82. The second-order valence-corrected chi connectivity index (χ2v) is 15.7. The fraction of sp³-hybridized carbons (Fsp3) is 0.135. The Morgan fingerprint density at radius 3 is 1.86 bits per heavy atom. The molecule has 2 heterocycles. The van der Waals surface area contributed by atoms with Gasteiger partial charge in [-0.3, -0.25) is 14.7 Å². The molecule has 0 aliphatic heterocycles. The van der Waals surface area contributed by atoms with Gasteiger partial charge in [0, 0.05) is 24.3 Å². The summed E-state index contributed by atoms with van der Waals surface area (Å²) < 4.78 is 22.0. The minimum atomic E-state index is -1.39. The summed E-state index contributed by atoms with van der Waals surface area (Å²) in [6, 6.07) is 59.7. The molecule has 0 aliphatic rings. The van der Waals surface area contributed by atoms with Gasteiger partial charge in [-0.2, -0.15) is 0 Å². The molecule has 13 nitrogen and oxygen atoms in total. The summed E-state index contributed by atoms with van der Waals surface area (Å²) in [5, 5.41) is 25.3. The first kappa shape index (κ1) is 42.0. The fourth-order valence-corrected chi connectivity index (χ4v) is 8.54. The van der Waals surface area contributed by atoms with Gasteiger partial charge in [-0.15, -0.1) is 5.10 Å². The number of imidazole rings is 1. The lowest BCUT2D eigenvalue weighted by Crippen LogP contribution is -2.39. The van der Waals surface area contributed by atoms with Crippen molar-refractivity contribution in [1.29, 1.82) is 0 Å². The van der Waals surface area contributed by atoms with Gasteiger partial charge < -0.3 is 14.2 Å². The predicted octanol–water partition coefficient (Wildman–Crippen LogP) is 11.1. The first-order valence-electron chi connectivity index (χ1n) is 21.1. The second kappa shape index (κ2) is 17.8. The molecule has 0 N–H and O–H groups in total. The van der Waals surface area contributed by atoms with E-state index in [-0.39, 0.29) is 11.4 Å². The second-order valence-electron chi connectivity index (χ2n) is 15.7. The van der Waals surface area contributed by atoms with Crippen LogP contribution >= 0.6 is 0 Å². The van der Waals surface area contributed by atoms with Crippen LogP contribution in [-0.2, 0) is 20.7 Å². The Morgan fingerprint density at radius 1 is 0.708 bits per heavy atom. The van der Waals surface area contributed by atoms with Crippen molar-refractivity contribution in [3.05, 3.63) is 226 Å². The van der Waals surface area contributed by atoms with Crippen LogP contribution < -0.4 is 4.74 Å². The highest BCUT2D eigenvalue weighted by atomic mass is 16.7. The topological polar surface area (TPSA) is 149 Å². The van der Waals surface area contributed by atoms with Crippen LogP contribution in [0.2, 0.25) is 0 Å². The molecule has 7 aromatic carbocycles. The van der Waals surface area contributed by atoms with Crippen molar-refractivity contribution in [3.63, 3.8) is 0 Å². The molecule has 0 aliphatic carbocycles. The average molecular weight is 862 g/mol. The normalized spacial score (nSPS) is 12.2. The first-order valence-corrected chi connectivity index (χ1v) is 21.1. The number of carbonyl (C=O) groups excluding carboxylic acids is 1. The van der Waals surface area contributed by atoms with Gasteiger partial charge in [0.2, 0.25) is 0 Å². The summed E-state index contributed by atoms with van der Waals surface area (Å²) in [6.07, 6.45) is -1.81. The lowest BCUT2D eigenvalue weighted by atomic mass is 9.76. The SMILES string of the molecule is CCOC(c1ccc(-c2ccccc2)c(-c2nnnn2C(c2ccccc2)(c2ccccc2)c2ccccc2)c1)c1nc2ccccc2n1C(C)(C)OC(=O)Oc1ccc([N+](=O)[O-])cc1. The Labute approximate surface area is 374 Å². The summed E-state index contributed by atoms with van der Waals surface area (Å²) in [6.45, 7) is 5.69. The molecule has 322 valence electrons. The number of tetrazole rings is 1. The lowest BCUT2D eigenvalue weighted by Gasteiger charge is -2.36. The van der Waals surface area contributed by atoms with Gasteiger partial charge in [0.1, 0.15) is 23.2 Å². The van der Waals surface area contributed by atoms with Crippen LogP contribution in [-0.4, -0.2) is 47.4 Å². The summed E-state index contributed by atoms with van der Waals surface area (Å²) in [7, 11) is 0. The molecule has 0 fully saturated rings. The molecule has 0 saturated heterocycles. The largest absolute Gasteiger partial charge is 0.515 e. The maximum Gasteiger partial charge on any atom is 0.515 e. The molecular formula is C52H43N7O6. The van der Waals surface area contributed by atoms with Gasteiger partial charge in [0.15, 0.2) is 11.5 Å². The van der Waals surface area contributed by atoms with Crippen molar-refractivity contribution < 1.29 is 23.9 Å². The molecule has 2 aromatic heterocycles. The maximum absolute atomic E-state index is 13.5.